The minimum absolute atomic E-state index is 0.925. The van der Waals surface area contributed by atoms with E-state index in [1.54, 1.807) is 6.26 Å². The van der Waals surface area contributed by atoms with Gasteiger partial charge in [0.15, 0.2) is 0 Å². The Kier molecular flexibility index (Phi) is 8.96. The van der Waals surface area contributed by atoms with Crippen LogP contribution in [0.3, 0.4) is 0 Å². The third-order valence-corrected chi connectivity index (χ3v) is 3.09. The highest BCUT2D eigenvalue weighted by molar-refractivity contribution is 5.03. The molecule has 0 aliphatic carbocycles. The normalized spacial score (nSPS) is 11.1. The average Bonchev–Trinajstić information content (AvgIpc) is 2.89. The second-order valence-electron chi connectivity index (χ2n) is 4.74. The van der Waals surface area contributed by atoms with Crippen molar-refractivity contribution in [3.63, 3.8) is 0 Å². The molecule has 0 aliphatic heterocycles. The van der Waals surface area contributed by atoms with Gasteiger partial charge in [0.05, 0.1) is 6.26 Å². The molecule has 1 nitrogen and oxygen atoms in total. The topological polar surface area (TPSA) is 13.1 Å². The predicted molar refractivity (Wildman–Crippen MR) is 78.7 cm³/mol. The highest BCUT2D eigenvalue weighted by Crippen LogP contribution is 2.09. The van der Waals surface area contributed by atoms with Crippen LogP contribution in [0.15, 0.2) is 47.6 Å². The summed E-state index contributed by atoms with van der Waals surface area (Å²) in [6, 6.07) is 3.96. The number of hydrogen-bond acceptors (Lipinski definition) is 1. The van der Waals surface area contributed by atoms with Gasteiger partial charge in [0.1, 0.15) is 5.76 Å². The Hall–Kier alpha value is -1.24. The van der Waals surface area contributed by atoms with Crippen LogP contribution < -0.4 is 0 Å². The predicted octanol–water partition coefficient (Wildman–Crippen LogP) is 5.69. The molecule has 1 heteroatoms. The van der Waals surface area contributed by atoms with Crippen LogP contribution in [-0.2, 0) is 6.42 Å². The second kappa shape index (κ2) is 10.9. The lowest BCUT2D eigenvalue weighted by Crippen LogP contribution is -1.79. The summed E-state index contributed by atoms with van der Waals surface area (Å²) in [5, 5.41) is 0. The number of hydrogen-bond donors (Lipinski definition) is 0. The molecular formula is C17H26O. The summed E-state index contributed by atoms with van der Waals surface area (Å²) in [6.07, 6.45) is 19.6. The Labute approximate surface area is 112 Å². The van der Waals surface area contributed by atoms with Crippen LogP contribution in [0.25, 0.3) is 0 Å². The minimum Gasteiger partial charge on any atom is -0.469 e. The first-order valence-electron chi connectivity index (χ1n) is 7.22. The van der Waals surface area contributed by atoms with Crippen LogP contribution >= 0.6 is 0 Å². The van der Waals surface area contributed by atoms with Crippen molar-refractivity contribution < 1.29 is 4.42 Å². The zero-order valence-electron chi connectivity index (χ0n) is 11.4. The van der Waals surface area contributed by atoms with Gasteiger partial charge in [-0.1, -0.05) is 43.9 Å². The summed E-state index contributed by atoms with van der Waals surface area (Å²) in [6.45, 7) is 3.74. The molecule has 0 radical (unpaired) electrons. The molecule has 1 aromatic rings. The van der Waals surface area contributed by atoms with E-state index in [-0.39, 0.29) is 0 Å². The van der Waals surface area contributed by atoms with Crippen molar-refractivity contribution in [3.8, 4) is 0 Å². The third-order valence-electron chi connectivity index (χ3n) is 3.09. The first-order chi connectivity index (χ1) is 8.93. The number of unbranched alkanes of at least 4 members (excludes halogenated alkanes) is 7. The lowest BCUT2D eigenvalue weighted by molar-refractivity contribution is 0.522. The van der Waals surface area contributed by atoms with Gasteiger partial charge in [-0.25, -0.2) is 0 Å². The molecule has 0 aromatic carbocycles. The molecule has 0 unspecified atom stereocenters. The van der Waals surface area contributed by atoms with Gasteiger partial charge in [0.2, 0.25) is 0 Å². The first-order valence-corrected chi connectivity index (χ1v) is 7.22. The van der Waals surface area contributed by atoms with E-state index in [1.165, 1.54) is 51.4 Å². The van der Waals surface area contributed by atoms with Gasteiger partial charge in [0.25, 0.3) is 0 Å². The van der Waals surface area contributed by atoms with E-state index in [4.69, 9.17) is 4.42 Å². The molecule has 0 fully saturated rings. The van der Waals surface area contributed by atoms with Gasteiger partial charge >= 0.3 is 0 Å². The molecule has 1 aromatic heterocycles. The fourth-order valence-corrected chi connectivity index (χ4v) is 2.00. The van der Waals surface area contributed by atoms with Crippen molar-refractivity contribution in [3.05, 3.63) is 49.0 Å². The Morgan fingerprint density at radius 2 is 1.67 bits per heavy atom. The smallest absolute Gasteiger partial charge is 0.107 e. The van der Waals surface area contributed by atoms with Crippen molar-refractivity contribution in [2.24, 2.45) is 0 Å². The largest absolute Gasteiger partial charge is 0.469 e. The molecule has 0 bridgehead atoms. The van der Waals surface area contributed by atoms with Crippen LogP contribution in [0.5, 0.6) is 0 Å². The quantitative estimate of drug-likeness (QED) is 0.361. The number of allylic oxidation sites excluding steroid dienone is 3. The van der Waals surface area contributed by atoms with Gasteiger partial charge in [-0.2, -0.15) is 0 Å². The maximum atomic E-state index is 5.27. The van der Waals surface area contributed by atoms with Gasteiger partial charge in [-0.15, -0.1) is 6.58 Å². The number of furan rings is 1. The van der Waals surface area contributed by atoms with Crippen LogP contribution in [0.1, 0.15) is 57.1 Å². The van der Waals surface area contributed by atoms with Crippen LogP contribution in [0.4, 0.5) is 0 Å². The molecule has 0 N–H and O–H groups in total. The van der Waals surface area contributed by atoms with E-state index in [9.17, 15) is 0 Å². The monoisotopic (exact) mass is 246 g/mol. The van der Waals surface area contributed by atoms with E-state index < -0.39 is 0 Å². The highest BCUT2D eigenvalue weighted by atomic mass is 16.3. The third kappa shape index (κ3) is 7.94. The van der Waals surface area contributed by atoms with Gasteiger partial charge < -0.3 is 4.42 Å². The second-order valence-corrected chi connectivity index (χ2v) is 4.74. The summed E-state index contributed by atoms with van der Waals surface area (Å²) in [4.78, 5) is 0. The molecule has 0 amide bonds. The maximum Gasteiger partial charge on any atom is 0.107 e. The first kappa shape index (κ1) is 14.8. The average molecular weight is 246 g/mol. The molecule has 1 rings (SSSR count). The fourth-order valence-electron chi connectivity index (χ4n) is 2.00. The molecule has 0 spiro atoms. The molecule has 0 saturated heterocycles. The Bertz CT molecular complexity index is 308. The van der Waals surface area contributed by atoms with Gasteiger partial charge in [-0.3, -0.25) is 0 Å². The molecule has 0 atom stereocenters. The van der Waals surface area contributed by atoms with Crippen molar-refractivity contribution in [2.75, 3.05) is 0 Å². The summed E-state index contributed by atoms with van der Waals surface area (Å²) >= 11 is 0. The van der Waals surface area contributed by atoms with Crippen LogP contribution in [-0.4, -0.2) is 0 Å². The van der Waals surface area contributed by atoms with Gasteiger partial charge in [0, 0.05) is 6.42 Å². The van der Waals surface area contributed by atoms with E-state index >= 15 is 0 Å². The number of rotatable bonds is 11. The standard InChI is InChI=1S/C17H26O/c1-2-3-4-5-6-7-8-9-10-11-12-14-17-15-13-16-18-17/h2,11-13,15-16H,1,3-10,14H2/b12-11+. The molecule has 0 saturated carbocycles. The molecule has 18 heavy (non-hydrogen) atoms. The molecular weight excluding hydrogens is 220 g/mol. The lowest BCUT2D eigenvalue weighted by Gasteiger charge is -1.99. The zero-order valence-corrected chi connectivity index (χ0v) is 11.4. The molecule has 1 heterocycles. The van der Waals surface area contributed by atoms with Crippen LogP contribution in [0, 0.1) is 0 Å². The molecule has 100 valence electrons. The summed E-state index contributed by atoms with van der Waals surface area (Å²) in [5.74, 6) is 1.05. The van der Waals surface area contributed by atoms with E-state index in [0.29, 0.717) is 0 Å². The summed E-state index contributed by atoms with van der Waals surface area (Å²) in [7, 11) is 0. The Morgan fingerprint density at radius 1 is 0.944 bits per heavy atom. The van der Waals surface area contributed by atoms with Crippen molar-refractivity contribution in [1.29, 1.82) is 0 Å². The van der Waals surface area contributed by atoms with E-state index in [1.807, 2.05) is 18.2 Å². The Morgan fingerprint density at radius 3 is 2.33 bits per heavy atom. The van der Waals surface area contributed by atoms with E-state index in [0.717, 1.165) is 12.2 Å². The van der Waals surface area contributed by atoms with Crippen molar-refractivity contribution in [1.82, 2.24) is 0 Å². The maximum absolute atomic E-state index is 5.27. The summed E-state index contributed by atoms with van der Waals surface area (Å²) < 4.78 is 5.27. The zero-order chi connectivity index (χ0) is 12.9. The summed E-state index contributed by atoms with van der Waals surface area (Å²) in [5.41, 5.74) is 0. The molecule has 0 aliphatic rings. The van der Waals surface area contributed by atoms with Crippen molar-refractivity contribution >= 4 is 0 Å². The minimum atomic E-state index is 0.925. The van der Waals surface area contributed by atoms with Crippen LogP contribution in [0.2, 0.25) is 0 Å². The lowest BCUT2D eigenvalue weighted by atomic mass is 10.1. The fraction of sp³-hybridized carbons (Fsp3) is 0.529. The Balaban J connectivity index is 1.83. The van der Waals surface area contributed by atoms with E-state index in [2.05, 4.69) is 18.7 Å². The SMILES string of the molecule is C=CCCCCCCCC/C=C/Cc1ccco1. The van der Waals surface area contributed by atoms with Gasteiger partial charge in [-0.05, 0) is 37.8 Å². The highest BCUT2D eigenvalue weighted by Gasteiger charge is 1.91. The van der Waals surface area contributed by atoms with Crippen molar-refractivity contribution in [2.45, 2.75) is 57.8 Å².